The van der Waals surface area contributed by atoms with Gasteiger partial charge in [0, 0.05) is 6.04 Å². The molecule has 1 aliphatic carbocycles. The Morgan fingerprint density at radius 2 is 2.22 bits per heavy atom. The second kappa shape index (κ2) is 7.59. The molecule has 0 amide bonds. The molecule has 1 heterocycles. The number of nitrogens with zero attached hydrogens (tertiary/aromatic N) is 1. The summed E-state index contributed by atoms with van der Waals surface area (Å²) in [6.07, 6.45) is 8.48. The predicted molar refractivity (Wildman–Crippen MR) is 74.5 cm³/mol. The Morgan fingerprint density at radius 1 is 1.33 bits per heavy atom. The fraction of sp³-hybridized carbons (Fsp3) is 0.733. The summed E-state index contributed by atoms with van der Waals surface area (Å²) in [7, 11) is 0. The van der Waals surface area contributed by atoms with Gasteiger partial charge in [-0.25, -0.2) is 0 Å². The normalized spacial score (nSPS) is 15.4. The fourth-order valence-corrected chi connectivity index (χ4v) is 2.20. The van der Waals surface area contributed by atoms with Crippen molar-refractivity contribution in [2.24, 2.45) is 0 Å². The van der Waals surface area contributed by atoms with Crippen molar-refractivity contribution in [2.45, 2.75) is 51.6 Å². The van der Waals surface area contributed by atoms with Crippen LogP contribution in [0.5, 0.6) is 0 Å². The highest BCUT2D eigenvalue weighted by molar-refractivity contribution is 4.97. The van der Waals surface area contributed by atoms with Crippen molar-refractivity contribution in [3.63, 3.8) is 0 Å². The van der Waals surface area contributed by atoms with Crippen LogP contribution < -0.4 is 5.32 Å². The molecule has 0 spiro atoms. The van der Waals surface area contributed by atoms with Gasteiger partial charge in [-0.3, -0.25) is 4.90 Å². The van der Waals surface area contributed by atoms with Crippen LogP contribution in [0.3, 0.4) is 0 Å². The third-order valence-corrected chi connectivity index (χ3v) is 3.57. The molecule has 0 atom stereocenters. The zero-order valence-corrected chi connectivity index (χ0v) is 11.5. The lowest BCUT2D eigenvalue weighted by Crippen LogP contribution is -2.24. The largest absolute Gasteiger partial charge is 0.468 e. The van der Waals surface area contributed by atoms with E-state index in [1.807, 2.05) is 6.07 Å². The summed E-state index contributed by atoms with van der Waals surface area (Å²) >= 11 is 0. The van der Waals surface area contributed by atoms with E-state index in [0.717, 1.165) is 24.9 Å². The molecular formula is C15H26N2O. The molecule has 1 aromatic heterocycles. The molecule has 0 bridgehead atoms. The average Bonchev–Trinajstić information content (AvgIpc) is 3.07. The van der Waals surface area contributed by atoms with Gasteiger partial charge >= 0.3 is 0 Å². The molecule has 1 aromatic rings. The van der Waals surface area contributed by atoms with Gasteiger partial charge in [0.25, 0.3) is 0 Å². The molecule has 1 fully saturated rings. The first-order chi connectivity index (χ1) is 8.88. The molecule has 18 heavy (non-hydrogen) atoms. The lowest BCUT2D eigenvalue weighted by Gasteiger charge is -2.18. The number of rotatable bonds is 10. The second-order valence-corrected chi connectivity index (χ2v) is 5.24. The maximum Gasteiger partial charge on any atom is 0.117 e. The predicted octanol–water partition coefficient (Wildman–Crippen LogP) is 3.02. The lowest BCUT2D eigenvalue weighted by molar-refractivity contribution is 0.250. The van der Waals surface area contributed by atoms with E-state index in [0.29, 0.717) is 0 Å². The summed E-state index contributed by atoms with van der Waals surface area (Å²) < 4.78 is 5.39. The van der Waals surface area contributed by atoms with Crippen LogP contribution in [0.1, 0.15) is 44.8 Å². The fourth-order valence-electron chi connectivity index (χ4n) is 2.20. The number of furan rings is 1. The molecule has 0 radical (unpaired) electrons. The molecule has 0 unspecified atom stereocenters. The number of hydrogen-bond acceptors (Lipinski definition) is 3. The van der Waals surface area contributed by atoms with Gasteiger partial charge in [0.15, 0.2) is 0 Å². The molecular weight excluding hydrogens is 224 g/mol. The van der Waals surface area contributed by atoms with Gasteiger partial charge in [-0.1, -0.05) is 13.3 Å². The van der Waals surface area contributed by atoms with Crippen LogP contribution in [0.2, 0.25) is 0 Å². The molecule has 0 aromatic carbocycles. The Bertz CT molecular complexity index is 306. The molecule has 0 aliphatic heterocycles. The van der Waals surface area contributed by atoms with E-state index in [1.165, 1.54) is 45.2 Å². The first kappa shape index (κ1) is 13.6. The highest BCUT2D eigenvalue weighted by Crippen LogP contribution is 2.18. The highest BCUT2D eigenvalue weighted by Gasteiger charge is 2.19. The summed E-state index contributed by atoms with van der Waals surface area (Å²) in [6.45, 7) is 6.65. The van der Waals surface area contributed by atoms with Crippen molar-refractivity contribution in [3.05, 3.63) is 24.2 Å². The van der Waals surface area contributed by atoms with Crippen LogP contribution in [-0.2, 0) is 6.54 Å². The van der Waals surface area contributed by atoms with E-state index >= 15 is 0 Å². The SMILES string of the molecule is CCN(CCCCCNC1CC1)Cc1ccco1. The van der Waals surface area contributed by atoms with Gasteiger partial charge in [0.05, 0.1) is 12.8 Å². The first-order valence-electron chi connectivity index (χ1n) is 7.36. The van der Waals surface area contributed by atoms with Gasteiger partial charge in [-0.15, -0.1) is 0 Å². The maximum absolute atomic E-state index is 5.39. The van der Waals surface area contributed by atoms with E-state index in [4.69, 9.17) is 4.42 Å². The second-order valence-electron chi connectivity index (χ2n) is 5.24. The topological polar surface area (TPSA) is 28.4 Å². The Hall–Kier alpha value is -0.800. The van der Waals surface area contributed by atoms with Crippen molar-refractivity contribution >= 4 is 0 Å². The monoisotopic (exact) mass is 250 g/mol. The molecule has 102 valence electrons. The number of unbranched alkanes of at least 4 members (excludes halogenated alkanes) is 2. The van der Waals surface area contributed by atoms with Crippen molar-refractivity contribution in [2.75, 3.05) is 19.6 Å². The number of nitrogens with one attached hydrogen (secondary N) is 1. The van der Waals surface area contributed by atoms with E-state index < -0.39 is 0 Å². The Balaban J connectivity index is 1.50. The Kier molecular flexibility index (Phi) is 5.75. The molecule has 1 N–H and O–H groups in total. The van der Waals surface area contributed by atoms with Crippen LogP contribution in [0.25, 0.3) is 0 Å². The number of hydrogen-bond donors (Lipinski definition) is 1. The lowest BCUT2D eigenvalue weighted by atomic mass is 10.2. The molecule has 0 saturated heterocycles. The van der Waals surface area contributed by atoms with E-state index in [-0.39, 0.29) is 0 Å². The average molecular weight is 250 g/mol. The van der Waals surface area contributed by atoms with Crippen LogP contribution in [0.4, 0.5) is 0 Å². The molecule has 1 aliphatic rings. The van der Waals surface area contributed by atoms with Gasteiger partial charge in [0.2, 0.25) is 0 Å². The minimum absolute atomic E-state index is 0.857. The molecule has 3 nitrogen and oxygen atoms in total. The zero-order chi connectivity index (χ0) is 12.6. The summed E-state index contributed by atoms with van der Waals surface area (Å²) in [5.74, 6) is 1.08. The molecule has 2 rings (SSSR count). The van der Waals surface area contributed by atoms with Gasteiger partial charge < -0.3 is 9.73 Å². The standard InChI is InChI=1S/C15H26N2O/c1-2-17(13-15-7-6-12-18-15)11-5-3-4-10-16-14-8-9-14/h6-7,12,14,16H,2-5,8-11,13H2,1H3. The van der Waals surface area contributed by atoms with Crippen molar-refractivity contribution < 1.29 is 4.42 Å². The first-order valence-corrected chi connectivity index (χ1v) is 7.36. The van der Waals surface area contributed by atoms with Crippen molar-refractivity contribution in [3.8, 4) is 0 Å². The zero-order valence-electron chi connectivity index (χ0n) is 11.5. The van der Waals surface area contributed by atoms with Gasteiger partial charge in [0.1, 0.15) is 5.76 Å². The Morgan fingerprint density at radius 3 is 2.89 bits per heavy atom. The minimum Gasteiger partial charge on any atom is -0.468 e. The smallest absolute Gasteiger partial charge is 0.117 e. The summed E-state index contributed by atoms with van der Waals surface area (Å²) in [5.41, 5.74) is 0. The quantitative estimate of drug-likeness (QED) is 0.647. The van der Waals surface area contributed by atoms with Crippen molar-refractivity contribution in [1.82, 2.24) is 10.2 Å². The van der Waals surface area contributed by atoms with Crippen LogP contribution in [0.15, 0.2) is 22.8 Å². The minimum atomic E-state index is 0.857. The van der Waals surface area contributed by atoms with Crippen LogP contribution in [0, 0.1) is 0 Å². The van der Waals surface area contributed by atoms with E-state index in [1.54, 1.807) is 6.26 Å². The van der Waals surface area contributed by atoms with E-state index in [9.17, 15) is 0 Å². The molecule has 1 saturated carbocycles. The van der Waals surface area contributed by atoms with E-state index in [2.05, 4.69) is 23.2 Å². The van der Waals surface area contributed by atoms with Gasteiger partial charge in [-0.2, -0.15) is 0 Å². The van der Waals surface area contributed by atoms with Crippen molar-refractivity contribution in [1.29, 1.82) is 0 Å². The van der Waals surface area contributed by atoms with Crippen LogP contribution >= 0.6 is 0 Å². The Labute approximate surface area is 111 Å². The summed E-state index contributed by atoms with van der Waals surface area (Å²) in [5, 5.41) is 3.57. The maximum atomic E-state index is 5.39. The third-order valence-electron chi connectivity index (χ3n) is 3.57. The summed E-state index contributed by atoms with van der Waals surface area (Å²) in [4.78, 5) is 2.45. The summed E-state index contributed by atoms with van der Waals surface area (Å²) in [6, 6.07) is 4.88. The third kappa shape index (κ3) is 5.23. The van der Waals surface area contributed by atoms with Gasteiger partial charge in [-0.05, 0) is 57.5 Å². The highest BCUT2D eigenvalue weighted by atomic mass is 16.3. The van der Waals surface area contributed by atoms with Crippen LogP contribution in [-0.4, -0.2) is 30.6 Å². The molecule has 3 heteroatoms.